The molecule has 0 radical (unpaired) electrons. The van der Waals surface area contributed by atoms with Gasteiger partial charge in [0.05, 0.1) is 23.7 Å². The minimum absolute atomic E-state index is 0.0535. The summed E-state index contributed by atoms with van der Waals surface area (Å²) in [5.41, 5.74) is -0.280. The second-order valence-electron chi connectivity index (χ2n) is 7.63. The molecule has 7 nitrogen and oxygen atoms in total. The maximum absolute atomic E-state index is 13.5. The quantitative estimate of drug-likeness (QED) is 0.425. The van der Waals surface area contributed by atoms with Gasteiger partial charge in [-0.25, -0.2) is 0 Å². The fourth-order valence-electron chi connectivity index (χ4n) is 2.99. The van der Waals surface area contributed by atoms with Gasteiger partial charge in [-0.15, -0.1) is 0 Å². The number of methoxy groups -OCH3 is 1. The third kappa shape index (κ3) is 4.95. The molecular weight excluding hydrogens is 430 g/mol. The van der Waals surface area contributed by atoms with Crippen LogP contribution in [0.4, 0.5) is 30.6 Å². The van der Waals surface area contributed by atoms with Gasteiger partial charge < -0.3 is 24.9 Å². The normalized spacial score (nSPS) is 13.3. The third-order valence-corrected chi connectivity index (χ3v) is 6.41. The van der Waals surface area contributed by atoms with E-state index in [1.165, 1.54) is 7.11 Å². The van der Waals surface area contributed by atoms with Gasteiger partial charge in [-0.3, -0.25) is 0 Å². The number of nitrogens with one attached hydrogen (secondary N) is 3. The molecule has 0 saturated carbocycles. The highest BCUT2D eigenvalue weighted by Crippen LogP contribution is 2.40. The van der Waals surface area contributed by atoms with E-state index >= 15 is 0 Å². The maximum atomic E-state index is 13.5. The van der Waals surface area contributed by atoms with E-state index in [9.17, 15) is 17.7 Å². The van der Waals surface area contributed by atoms with Crippen LogP contribution in [0.2, 0.25) is 0 Å². The Morgan fingerprint density at radius 2 is 1.97 bits per heavy atom. The number of fused-ring (bicyclic) bond motifs is 1. The fraction of sp³-hybridized carbons (Fsp3) is 0.400. The van der Waals surface area contributed by atoms with Crippen LogP contribution in [0.1, 0.15) is 25.8 Å². The van der Waals surface area contributed by atoms with Crippen molar-refractivity contribution in [1.29, 1.82) is 0 Å². The van der Waals surface area contributed by atoms with Crippen molar-refractivity contribution in [3.05, 3.63) is 30.0 Å². The van der Waals surface area contributed by atoms with Gasteiger partial charge >= 0.3 is 6.18 Å². The molecule has 0 aliphatic carbocycles. The van der Waals surface area contributed by atoms with Crippen LogP contribution in [0.5, 0.6) is 5.75 Å². The monoisotopic (exact) mass is 455 g/mol. The molecule has 0 bridgehead atoms. The van der Waals surface area contributed by atoms with Crippen molar-refractivity contribution in [2.75, 3.05) is 31.1 Å². The van der Waals surface area contributed by atoms with Gasteiger partial charge in [-0.2, -0.15) is 23.1 Å². The third-order valence-electron chi connectivity index (χ3n) is 4.89. The summed E-state index contributed by atoms with van der Waals surface area (Å²) in [6, 6.07) is 4.95. The Labute approximate surface area is 178 Å². The lowest BCUT2D eigenvalue weighted by Crippen LogP contribution is -2.16. The van der Waals surface area contributed by atoms with Crippen LogP contribution < -0.4 is 20.7 Å². The van der Waals surface area contributed by atoms with E-state index in [1.807, 2.05) is 13.8 Å². The summed E-state index contributed by atoms with van der Waals surface area (Å²) in [6.45, 7) is 7.09. The number of hydrogen-bond acceptors (Lipinski definition) is 6. The zero-order valence-corrected chi connectivity index (χ0v) is 18.8. The molecule has 0 amide bonds. The Kier molecular flexibility index (Phi) is 6.23. The number of hydrogen-bond donors (Lipinski definition) is 3. The topological polar surface area (TPSA) is 91.9 Å². The molecule has 2 heterocycles. The number of halogens is 3. The first-order valence-electron chi connectivity index (χ1n) is 9.67. The van der Waals surface area contributed by atoms with Crippen molar-refractivity contribution in [3.8, 4) is 5.75 Å². The van der Waals surface area contributed by atoms with Gasteiger partial charge in [0.25, 0.3) is 0 Å². The molecule has 3 rings (SSSR count). The molecule has 2 aromatic heterocycles. The zero-order chi connectivity index (χ0) is 23.0. The number of aromatic nitrogens is 3. The first-order valence-corrected chi connectivity index (χ1v) is 12.3. The molecule has 11 heteroatoms. The Hall–Kier alpha value is -2.74. The molecule has 0 saturated heterocycles. The smallest absolute Gasteiger partial charge is 0.418 e. The van der Waals surface area contributed by atoms with Crippen molar-refractivity contribution in [2.24, 2.45) is 0 Å². The number of benzene rings is 1. The largest absolute Gasteiger partial charge is 0.495 e. The van der Waals surface area contributed by atoms with Crippen molar-refractivity contribution < 1.29 is 22.5 Å². The highest BCUT2D eigenvalue weighted by molar-refractivity contribution is 7.70. The lowest BCUT2D eigenvalue weighted by Gasteiger charge is -2.17. The molecule has 3 aromatic rings. The van der Waals surface area contributed by atoms with E-state index in [2.05, 4.69) is 25.6 Å². The summed E-state index contributed by atoms with van der Waals surface area (Å²) in [5.74, 6) is 0.595. The Bertz CT molecular complexity index is 1140. The molecule has 0 fully saturated rings. The molecule has 0 aliphatic rings. The van der Waals surface area contributed by atoms with Crippen LogP contribution in [-0.2, 0) is 10.7 Å². The van der Waals surface area contributed by atoms with Crippen LogP contribution in [-0.4, -0.2) is 41.4 Å². The molecule has 0 aliphatic heterocycles. The first kappa shape index (κ1) is 22.9. The summed E-state index contributed by atoms with van der Waals surface area (Å²) in [4.78, 5) is 11.1. The molecule has 1 atom stereocenters. The molecule has 1 aromatic carbocycles. The number of H-pyrrole nitrogens is 1. The van der Waals surface area contributed by atoms with Crippen LogP contribution in [0, 0.1) is 0 Å². The summed E-state index contributed by atoms with van der Waals surface area (Å²) in [7, 11) is -1.02. The zero-order valence-electron chi connectivity index (χ0n) is 17.9. The van der Waals surface area contributed by atoms with Gasteiger partial charge in [0.15, 0.2) is 0 Å². The van der Waals surface area contributed by atoms with E-state index in [0.29, 0.717) is 23.2 Å². The van der Waals surface area contributed by atoms with Gasteiger partial charge in [0.1, 0.15) is 24.4 Å². The average Bonchev–Trinajstić information content (AvgIpc) is 3.12. The molecule has 31 heavy (non-hydrogen) atoms. The highest BCUT2D eigenvalue weighted by Gasteiger charge is 2.35. The molecule has 0 spiro atoms. The summed E-state index contributed by atoms with van der Waals surface area (Å²) in [5, 5.41) is 6.56. The van der Waals surface area contributed by atoms with Crippen LogP contribution in [0.25, 0.3) is 11.0 Å². The van der Waals surface area contributed by atoms with E-state index in [-0.39, 0.29) is 28.8 Å². The van der Waals surface area contributed by atoms with Gasteiger partial charge in [-0.1, -0.05) is 6.92 Å². The number of nitrogens with zero attached hydrogens (tertiary/aromatic N) is 2. The van der Waals surface area contributed by atoms with Crippen LogP contribution in [0.15, 0.2) is 24.4 Å². The Morgan fingerprint density at radius 1 is 1.26 bits per heavy atom. The first-order chi connectivity index (χ1) is 14.4. The molecule has 3 N–H and O–H groups in total. The SMILES string of the molecule is CCC(C)Nc1nc(Nc2ccc(P(C)(C)=O)cc2OC)nc2[nH]cc(C(F)(F)F)c12. The van der Waals surface area contributed by atoms with Crippen LogP contribution in [0.3, 0.4) is 0 Å². The number of anilines is 3. The van der Waals surface area contributed by atoms with Gasteiger partial charge in [-0.05, 0) is 44.9 Å². The number of alkyl halides is 3. The predicted octanol–water partition coefficient (Wildman–Crippen LogP) is 5.19. The lowest BCUT2D eigenvalue weighted by molar-refractivity contribution is -0.136. The van der Waals surface area contributed by atoms with Crippen molar-refractivity contribution >= 4 is 40.9 Å². The van der Waals surface area contributed by atoms with Gasteiger partial charge in [0.2, 0.25) is 5.95 Å². The fourth-order valence-corrected chi connectivity index (χ4v) is 3.85. The highest BCUT2D eigenvalue weighted by atomic mass is 31.2. The van der Waals surface area contributed by atoms with Crippen LogP contribution >= 0.6 is 7.14 Å². The van der Waals surface area contributed by atoms with E-state index in [0.717, 1.165) is 6.20 Å². The summed E-state index contributed by atoms with van der Waals surface area (Å²) in [6.07, 6.45) is -2.96. The molecule has 1 unspecified atom stereocenters. The second-order valence-corrected chi connectivity index (χ2v) is 10.9. The van der Waals surface area contributed by atoms with Crippen molar-refractivity contribution in [3.63, 3.8) is 0 Å². The second kappa shape index (κ2) is 8.42. The number of rotatable bonds is 7. The minimum Gasteiger partial charge on any atom is -0.495 e. The predicted molar refractivity (Wildman–Crippen MR) is 118 cm³/mol. The molecular formula is C20H25F3N5O2P. The summed E-state index contributed by atoms with van der Waals surface area (Å²) < 4.78 is 58.2. The number of ether oxygens (including phenoxy) is 1. The Balaban J connectivity index is 2.08. The van der Waals surface area contributed by atoms with E-state index in [1.54, 1.807) is 31.5 Å². The number of aromatic amines is 1. The van der Waals surface area contributed by atoms with Gasteiger partial charge in [0, 0.05) is 17.5 Å². The minimum atomic E-state index is -4.55. The summed E-state index contributed by atoms with van der Waals surface area (Å²) >= 11 is 0. The Morgan fingerprint density at radius 3 is 2.55 bits per heavy atom. The standard InChI is InChI=1S/C20H25F3N5O2P/c1-6-11(2)25-18-16-13(20(21,22)23)10-24-17(16)27-19(28-18)26-14-8-7-12(31(4,5)29)9-15(14)30-3/h7-11H,6H2,1-5H3,(H3,24,25,26,27,28). The van der Waals surface area contributed by atoms with E-state index in [4.69, 9.17) is 4.74 Å². The van der Waals surface area contributed by atoms with Crippen molar-refractivity contribution in [1.82, 2.24) is 15.0 Å². The molecule has 168 valence electrons. The average molecular weight is 455 g/mol. The maximum Gasteiger partial charge on any atom is 0.418 e. The van der Waals surface area contributed by atoms with E-state index < -0.39 is 18.9 Å². The lowest BCUT2D eigenvalue weighted by atomic mass is 10.2. The van der Waals surface area contributed by atoms with Crippen molar-refractivity contribution in [2.45, 2.75) is 32.5 Å².